The number of Topliss-reactive ketones (excluding diaryl/α,β-unsaturated/α-hetero) is 1. The van der Waals surface area contributed by atoms with Crippen molar-refractivity contribution in [2.45, 2.75) is 6.04 Å². The molecule has 6 nitrogen and oxygen atoms in total. The monoisotopic (exact) mass is 330 g/mol. The second kappa shape index (κ2) is 4.62. The van der Waals surface area contributed by atoms with Crippen LogP contribution in [0.2, 0.25) is 0 Å². The van der Waals surface area contributed by atoms with Gasteiger partial charge >= 0.3 is 5.97 Å². The Morgan fingerprint density at radius 2 is 2.22 bits per heavy atom. The average molecular weight is 331 g/mol. The van der Waals surface area contributed by atoms with Crippen molar-refractivity contribution >= 4 is 50.8 Å². The Labute approximate surface area is 114 Å². The maximum atomic E-state index is 11.7. The number of amidine groups is 1. The molecule has 2 rings (SSSR count). The van der Waals surface area contributed by atoms with E-state index in [9.17, 15) is 14.4 Å². The van der Waals surface area contributed by atoms with E-state index < -0.39 is 23.7 Å². The summed E-state index contributed by atoms with van der Waals surface area (Å²) < 4.78 is 0.699. The number of amides is 1. The molecule has 1 aliphatic heterocycles. The van der Waals surface area contributed by atoms with Gasteiger partial charge in [-0.15, -0.1) is 11.3 Å². The minimum atomic E-state index is -1.65. The average Bonchev–Trinajstić information content (AvgIpc) is 2.72. The molecule has 1 aromatic rings. The van der Waals surface area contributed by atoms with Crippen LogP contribution >= 0.6 is 27.3 Å². The van der Waals surface area contributed by atoms with Crippen LogP contribution in [-0.4, -0.2) is 46.6 Å². The van der Waals surface area contributed by atoms with Crippen LogP contribution in [0.1, 0.15) is 4.88 Å². The number of ketones is 1. The zero-order valence-corrected chi connectivity index (χ0v) is 11.5. The third-order valence-electron chi connectivity index (χ3n) is 2.39. The Morgan fingerprint density at radius 1 is 1.56 bits per heavy atom. The van der Waals surface area contributed by atoms with Gasteiger partial charge in [0.2, 0.25) is 6.04 Å². The summed E-state index contributed by atoms with van der Waals surface area (Å²) in [5.74, 6) is -3.13. The Bertz CT molecular complexity index is 580. The zero-order valence-electron chi connectivity index (χ0n) is 9.08. The lowest BCUT2D eigenvalue weighted by Crippen LogP contribution is -2.50. The van der Waals surface area contributed by atoms with Crippen molar-refractivity contribution in [3.63, 3.8) is 0 Å². The smallest absolute Gasteiger partial charge is 0.336 e. The van der Waals surface area contributed by atoms with Crippen molar-refractivity contribution in [1.29, 1.82) is 0 Å². The highest BCUT2D eigenvalue weighted by Crippen LogP contribution is 2.26. The predicted octanol–water partition coefficient (Wildman–Crippen LogP) is 0.751. The van der Waals surface area contributed by atoms with Gasteiger partial charge in [-0.3, -0.25) is 14.5 Å². The second-order valence-corrected chi connectivity index (χ2v) is 5.29. The number of carboxylic acid groups (broad SMARTS) is 1. The third-order valence-corrected chi connectivity index (χ3v) is 4.22. The number of carboxylic acids is 1. The van der Waals surface area contributed by atoms with Crippen LogP contribution in [0, 0.1) is 0 Å². The molecule has 8 heteroatoms. The van der Waals surface area contributed by atoms with E-state index in [2.05, 4.69) is 20.9 Å². The standard InChI is InChI=1S/C10H7BrN2O4S/c1-13-8(7-4(11)2-3-18-7)12-5(10(16)17)6(14)9(13)15/h2-3,5H,1H3,(H,16,17). The van der Waals surface area contributed by atoms with Crippen LogP contribution in [0.4, 0.5) is 0 Å². The van der Waals surface area contributed by atoms with Gasteiger partial charge in [0.25, 0.3) is 11.7 Å². The highest BCUT2D eigenvalue weighted by atomic mass is 79.9. The van der Waals surface area contributed by atoms with E-state index in [1.807, 2.05) is 0 Å². The number of carbonyl (C=O) groups excluding carboxylic acids is 2. The molecule has 0 saturated heterocycles. The van der Waals surface area contributed by atoms with Crippen molar-refractivity contribution < 1.29 is 19.5 Å². The van der Waals surface area contributed by atoms with E-state index in [1.165, 1.54) is 18.4 Å². The van der Waals surface area contributed by atoms with Crippen molar-refractivity contribution in [3.05, 3.63) is 20.8 Å². The molecule has 0 spiro atoms. The molecule has 0 aliphatic carbocycles. The van der Waals surface area contributed by atoms with E-state index in [4.69, 9.17) is 5.11 Å². The summed E-state index contributed by atoms with van der Waals surface area (Å²) >= 11 is 4.58. The lowest BCUT2D eigenvalue weighted by molar-refractivity contribution is -0.149. The first-order valence-corrected chi connectivity index (χ1v) is 6.46. The van der Waals surface area contributed by atoms with Crippen molar-refractivity contribution in [3.8, 4) is 0 Å². The Balaban J connectivity index is 2.55. The van der Waals surface area contributed by atoms with Crippen LogP contribution in [0.15, 0.2) is 20.9 Å². The number of aliphatic carboxylic acids is 1. The molecule has 0 fully saturated rings. The molecule has 1 aliphatic rings. The number of hydrogen-bond donors (Lipinski definition) is 1. The van der Waals surface area contributed by atoms with Crippen LogP contribution in [-0.2, 0) is 14.4 Å². The molecular weight excluding hydrogens is 324 g/mol. The lowest BCUT2D eigenvalue weighted by Gasteiger charge is -2.24. The minimum Gasteiger partial charge on any atom is -0.479 e. The minimum absolute atomic E-state index is 0.189. The molecule has 94 valence electrons. The number of thiophene rings is 1. The molecule has 2 heterocycles. The summed E-state index contributed by atoms with van der Waals surface area (Å²) in [6.45, 7) is 0. The molecule has 1 N–H and O–H groups in total. The number of halogens is 1. The fourth-order valence-corrected chi connectivity index (χ4v) is 3.06. The summed E-state index contributed by atoms with van der Waals surface area (Å²) in [5, 5.41) is 10.7. The topological polar surface area (TPSA) is 87.0 Å². The third kappa shape index (κ3) is 1.97. The maximum absolute atomic E-state index is 11.7. The van der Waals surface area contributed by atoms with Crippen LogP contribution < -0.4 is 0 Å². The first-order chi connectivity index (χ1) is 8.43. The van der Waals surface area contributed by atoms with Crippen molar-refractivity contribution in [2.75, 3.05) is 7.05 Å². The van der Waals surface area contributed by atoms with Crippen LogP contribution in [0.3, 0.4) is 0 Å². The summed E-state index contributed by atoms with van der Waals surface area (Å²) in [6.07, 6.45) is 0. The Hall–Kier alpha value is -1.54. The maximum Gasteiger partial charge on any atom is 0.336 e. The molecular formula is C10H7BrN2O4S. The van der Waals surface area contributed by atoms with Gasteiger partial charge in [0.1, 0.15) is 5.84 Å². The van der Waals surface area contributed by atoms with Crippen LogP contribution in [0.5, 0.6) is 0 Å². The molecule has 1 atom stereocenters. The van der Waals surface area contributed by atoms with E-state index in [0.29, 0.717) is 9.35 Å². The quantitative estimate of drug-likeness (QED) is 0.640. The molecule has 0 radical (unpaired) electrons. The van der Waals surface area contributed by atoms with Gasteiger partial charge in [-0.1, -0.05) is 0 Å². The number of nitrogens with zero attached hydrogens (tertiary/aromatic N) is 2. The van der Waals surface area contributed by atoms with Gasteiger partial charge in [0.15, 0.2) is 0 Å². The van der Waals surface area contributed by atoms with E-state index in [0.717, 1.165) is 4.90 Å². The first-order valence-electron chi connectivity index (χ1n) is 4.79. The number of hydrogen-bond acceptors (Lipinski definition) is 5. The van der Waals surface area contributed by atoms with Gasteiger partial charge in [0.05, 0.1) is 4.88 Å². The van der Waals surface area contributed by atoms with E-state index in [-0.39, 0.29) is 5.84 Å². The number of carbonyl (C=O) groups is 3. The Kier molecular flexibility index (Phi) is 3.31. The molecule has 0 bridgehead atoms. The summed E-state index contributed by atoms with van der Waals surface area (Å²) in [5.41, 5.74) is 0. The SMILES string of the molecule is CN1C(=O)C(=O)C(C(=O)O)N=C1c1sccc1Br. The summed E-state index contributed by atoms with van der Waals surface area (Å²) in [7, 11) is 1.39. The van der Waals surface area contributed by atoms with Gasteiger partial charge in [-0.25, -0.2) is 9.79 Å². The summed E-state index contributed by atoms with van der Waals surface area (Å²) in [6, 6.07) is 0.102. The first kappa shape index (κ1) is 12.9. The molecule has 0 aromatic carbocycles. The molecule has 1 amide bonds. The van der Waals surface area contributed by atoms with Crippen molar-refractivity contribution in [1.82, 2.24) is 4.90 Å². The predicted molar refractivity (Wildman–Crippen MR) is 67.8 cm³/mol. The molecule has 1 aromatic heterocycles. The number of rotatable bonds is 2. The summed E-state index contributed by atoms with van der Waals surface area (Å²) in [4.78, 5) is 39.6. The van der Waals surface area contributed by atoms with Gasteiger partial charge in [-0.05, 0) is 27.4 Å². The molecule has 18 heavy (non-hydrogen) atoms. The van der Waals surface area contributed by atoms with E-state index in [1.54, 1.807) is 11.4 Å². The molecule has 1 unspecified atom stereocenters. The highest BCUT2D eigenvalue weighted by molar-refractivity contribution is 9.10. The number of likely N-dealkylation sites (N-methyl/N-ethyl adjacent to an activating group) is 1. The second-order valence-electron chi connectivity index (χ2n) is 3.52. The fourth-order valence-electron chi connectivity index (χ4n) is 1.48. The van der Waals surface area contributed by atoms with Gasteiger partial charge in [-0.2, -0.15) is 0 Å². The largest absolute Gasteiger partial charge is 0.479 e. The molecule has 0 saturated carbocycles. The van der Waals surface area contributed by atoms with Crippen molar-refractivity contribution in [2.24, 2.45) is 4.99 Å². The van der Waals surface area contributed by atoms with Crippen LogP contribution in [0.25, 0.3) is 0 Å². The normalized spacial score (nSPS) is 20.0. The van der Waals surface area contributed by atoms with Gasteiger partial charge in [0, 0.05) is 11.5 Å². The fraction of sp³-hybridized carbons (Fsp3) is 0.200. The Morgan fingerprint density at radius 3 is 2.72 bits per heavy atom. The van der Waals surface area contributed by atoms with Gasteiger partial charge < -0.3 is 5.11 Å². The highest BCUT2D eigenvalue weighted by Gasteiger charge is 2.40. The zero-order chi connectivity index (χ0) is 13.4. The van der Waals surface area contributed by atoms with E-state index >= 15 is 0 Å². The lowest BCUT2D eigenvalue weighted by atomic mass is 10.1. The number of aliphatic imine (C=N–C) groups is 1.